The third-order valence-corrected chi connectivity index (χ3v) is 6.27. The van der Waals surface area contributed by atoms with Crippen LogP contribution in [0, 0.1) is 6.92 Å². The average molecular weight is 472 g/mol. The Labute approximate surface area is 187 Å². The number of halogens is 1. The molecule has 7 heteroatoms. The van der Waals surface area contributed by atoms with Crippen LogP contribution >= 0.6 is 15.9 Å². The van der Waals surface area contributed by atoms with Gasteiger partial charge < -0.3 is 10.1 Å². The van der Waals surface area contributed by atoms with Crippen LogP contribution in [0.3, 0.4) is 0 Å². The molecule has 152 valence electrons. The summed E-state index contributed by atoms with van der Waals surface area (Å²) in [5.74, 6) is 1.55. The summed E-state index contributed by atoms with van der Waals surface area (Å²) in [4.78, 5) is 8.84. The Hall–Kier alpha value is -3.45. The smallest absolute Gasteiger partial charge is 0.226 e. The van der Waals surface area contributed by atoms with Crippen LogP contribution in [0.2, 0.25) is 0 Å². The van der Waals surface area contributed by atoms with Gasteiger partial charge in [-0.1, -0.05) is 45.8 Å². The van der Waals surface area contributed by atoms with E-state index in [1.807, 2.05) is 35.1 Å². The van der Waals surface area contributed by atoms with Gasteiger partial charge in [-0.05, 0) is 48.4 Å². The Morgan fingerprint density at radius 3 is 2.74 bits per heavy atom. The number of pyridine rings is 1. The predicted octanol–water partition coefficient (Wildman–Crippen LogP) is 5.30. The highest BCUT2D eigenvalue weighted by atomic mass is 79.9. The second kappa shape index (κ2) is 7.06. The number of ether oxygens (including phenoxy) is 1. The molecule has 6 nitrogen and oxygen atoms in total. The fourth-order valence-corrected chi connectivity index (χ4v) is 4.62. The second-order valence-corrected chi connectivity index (χ2v) is 8.64. The number of benzene rings is 2. The zero-order chi connectivity index (χ0) is 20.9. The van der Waals surface area contributed by atoms with Gasteiger partial charge in [0, 0.05) is 28.0 Å². The molecular weight excluding hydrogens is 454 g/mol. The third kappa shape index (κ3) is 2.96. The highest BCUT2D eigenvalue weighted by Crippen LogP contribution is 2.50. The Balaban J connectivity index is 1.64. The van der Waals surface area contributed by atoms with Gasteiger partial charge in [0.25, 0.3) is 0 Å². The summed E-state index contributed by atoms with van der Waals surface area (Å²) < 4.78 is 9.57. The number of hydrogen-bond donors (Lipinski definition) is 1. The van der Waals surface area contributed by atoms with Crippen molar-refractivity contribution in [3.8, 4) is 5.75 Å². The van der Waals surface area contributed by atoms with Gasteiger partial charge in [-0.25, -0.2) is 4.68 Å². The average Bonchev–Trinajstić information content (AvgIpc) is 3.27. The number of aromatic nitrogens is 4. The third-order valence-electron chi connectivity index (χ3n) is 5.74. The molecule has 0 saturated heterocycles. The van der Waals surface area contributed by atoms with E-state index >= 15 is 0 Å². The van der Waals surface area contributed by atoms with Crippen molar-refractivity contribution in [1.82, 2.24) is 19.7 Å². The quantitative estimate of drug-likeness (QED) is 0.429. The van der Waals surface area contributed by atoms with E-state index < -0.39 is 0 Å². The minimum atomic E-state index is -0.284. The van der Waals surface area contributed by atoms with Gasteiger partial charge in [-0.15, -0.1) is 0 Å². The molecular formula is C24H18BrN5O. The van der Waals surface area contributed by atoms with Gasteiger partial charge in [0.2, 0.25) is 5.95 Å². The van der Waals surface area contributed by atoms with Gasteiger partial charge in [-0.3, -0.25) is 4.98 Å². The van der Waals surface area contributed by atoms with Crippen molar-refractivity contribution in [2.45, 2.75) is 19.1 Å². The van der Waals surface area contributed by atoms with Crippen molar-refractivity contribution in [1.29, 1.82) is 0 Å². The molecule has 2 aromatic heterocycles. The van der Waals surface area contributed by atoms with Crippen molar-refractivity contribution < 1.29 is 4.74 Å². The Kier molecular flexibility index (Phi) is 4.17. The summed E-state index contributed by atoms with van der Waals surface area (Å²) >= 11 is 3.54. The van der Waals surface area contributed by atoms with Crippen LogP contribution in [0.4, 0.5) is 5.95 Å². The van der Waals surface area contributed by atoms with E-state index in [0.717, 1.165) is 38.2 Å². The van der Waals surface area contributed by atoms with E-state index in [2.05, 4.69) is 73.6 Å². The van der Waals surface area contributed by atoms with Gasteiger partial charge >= 0.3 is 0 Å². The topological polar surface area (TPSA) is 64.9 Å². The Morgan fingerprint density at radius 1 is 1.06 bits per heavy atom. The van der Waals surface area contributed by atoms with Crippen molar-refractivity contribution >= 4 is 27.6 Å². The van der Waals surface area contributed by atoms with E-state index in [0.29, 0.717) is 5.95 Å². The monoisotopic (exact) mass is 471 g/mol. The van der Waals surface area contributed by atoms with Crippen LogP contribution in [-0.2, 0) is 0 Å². The van der Waals surface area contributed by atoms with Crippen molar-refractivity contribution in [2.75, 3.05) is 5.32 Å². The number of nitrogens with one attached hydrogen (secondary N) is 1. The maximum Gasteiger partial charge on any atom is 0.226 e. The first-order chi connectivity index (χ1) is 15.2. The van der Waals surface area contributed by atoms with Crippen LogP contribution in [0.15, 0.2) is 83.4 Å². The molecule has 0 aliphatic carbocycles. The van der Waals surface area contributed by atoms with E-state index in [1.54, 1.807) is 12.5 Å². The van der Waals surface area contributed by atoms with Gasteiger partial charge in [0.1, 0.15) is 24.2 Å². The summed E-state index contributed by atoms with van der Waals surface area (Å²) in [6.45, 7) is 2.09. The van der Waals surface area contributed by atoms with Gasteiger partial charge in [0.15, 0.2) is 0 Å². The first-order valence-electron chi connectivity index (χ1n) is 10.0. The summed E-state index contributed by atoms with van der Waals surface area (Å²) in [5, 5.41) is 8.07. The molecule has 0 amide bonds. The molecule has 2 aliphatic heterocycles. The van der Waals surface area contributed by atoms with Crippen LogP contribution in [0.25, 0.3) is 5.70 Å². The van der Waals surface area contributed by atoms with E-state index in [-0.39, 0.29) is 12.1 Å². The second-order valence-electron chi connectivity index (χ2n) is 7.72. The molecule has 0 radical (unpaired) electrons. The molecule has 31 heavy (non-hydrogen) atoms. The van der Waals surface area contributed by atoms with Crippen molar-refractivity contribution in [3.05, 3.63) is 106 Å². The first kappa shape index (κ1) is 18.3. The lowest BCUT2D eigenvalue weighted by Gasteiger charge is -2.39. The molecule has 4 heterocycles. The summed E-state index contributed by atoms with van der Waals surface area (Å²) in [6.07, 6.45) is 4.96. The molecule has 2 atom stereocenters. The number of aryl methyl sites for hydroxylation is 1. The molecule has 0 spiro atoms. The predicted molar refractivity (Wildman–Crippen MR) is 122 cm³/mol. The number of hydrogen-bond acceptors (Lipinski definition) is 5. The molecule has 2 aromatic carbocycles. The molecule has 0 unspecified atom stereocenters. The van der Waals surface area contributed by atoms with E-state index in [4.69, 9.17) is 4.74 Å². The van der Waals surface area contributed by atoms with Crippen LogP contribution in [0.5, 0.6) is 5.75 Å². The lowest BCUT2D eigenvalue weighted by Crippen LogP contribution is -2.32. The molecule has 6 rings (SSSR count). The summed E-state index contributed by atoms with van der Waals surface area (Å²) in [7, 11) is 0. The lowest BCUT2D eigenvalue weighted by molar-refractivity contribution is 0.223. The fraction of sp³-hybridized carbons (Fsp3) is 0.125. The standard InChI is InChI=1S/C24H18BrN5O/c1-14-4-9-19-18(11-14)21-20(23(31-19)15-5-7-17(25)8-6-15)22(16-3-2-10-26-12-16)30-24(29-21)27-13-28-30/h2-13,22-23H,1H3,(H,27,28,29)/t22-,23-/m1/s1. The lowest BCUT2D eigenvalue weighted by atomic mass is 9.85. The highest BCUT2D eigenvalue weighted by Gasteiger charge is 2.41. The number of anilines is 1. The molecule has 0 bridgehead atoms. The minimum absolute atomic E-state index is 0.190. The molecule has 1 N–H and O–H groups in total. The Bertz CT molecular complexity index is 1310. The summed E-state index contributed by atoms with van der Waals surface area (Å²) in [5.41, 5.74) is 6.42. The molecule has 0 saturated carbocycles. The van der Waals surface area contributed by atoms with Gasteiger partial charge in [0.05, 0.1) is 5.70 Å². The molecule has 4 aromatic rings. The van der Waals surface area contributed by atoms with Gasteiger partial charge in [-0.2, -0.15) is 10.1 Å². The fourth-order valence-electron chi connectivity index (χ4n) is 4.35. The largest absolute Gasteiger partial charge is 0.480 e. The summed E-state index contributed by atoms with van der Waals surface area (Å²) in [6, 6.07) is 18.4. The van der Waals surface area contributed by atoms with E-state index in [1.165, 1.54) is 5.56 Å². The maximum atomic E-state index is 6.63. The zero-order valence-corrected chi connectivity index (χ0v) is 18.2. The van der Waals surface area contributed by atoms with Crippen molar-refractivity contribution in [2.24, 2.45) is 0 Å². The molecule has 0 fully saturated rings. The number of rotatable bonds is 2. The van der Waals surface area contributed by atoms with Crippen LogP contribution in [-0.4, -0.2) is 19.7 Å². The maximum absolute atomic E-state index is 6.63. The van der Waals surface area contributed by atoms with Crippen molar-refractivity contribution in [3.63, 3.8) is 0 Å². The SMILES string of the molecule is Cc1ccc2c(c1)C1=C([C@@H](c3ccc(Br)cc3)O2)[C@@H](c2cccnc2)n2ncnc2N1. The number of fused-ring (bicyclic) bond motifs is 3. The van der Waals surface area contributed by atoms with Crippen LogP contribution < -0.4 is 10.1 Å². The number of nitrogens with zero attached hydrogens (tertiary/aromatic N) is 4. The minimum Gasteiger partial charge on any atom is -0.480 e. The highest BCUT2D eigenvalue weighted by molar-refractivity contribution is 9.10. The molecule has 2 aliphatic rings. The Morgan fingerprint density at radius 2 is 1.94 bits per heavy atom. The normalized spacial score (nSPS) is 19.0. The first-order valence-corrected chi connectivity index (χ1v) is 10.8. The van der Waals surface area contributed by atoms with Crippen LogP contribution in [0.1, 0.15) is 34.4 Å². The van der Waals surface area contributed by atoms with E-state index in [9.17, 15) is 0 Å². The zero-order valence-electron chi connectivity index (χ0n) is 16.7.